The van der Waals surface area contributed by atoms with Crippen LogP contribution in [0.25, 0.3) is 0 Å². The number of hydrogen-bond acceptors (Lipinski definition) is 2. The normalized spacial score (nSPS) is 10.6. The Morgan fingerprint density at radius 1 is 0.679 bits per heavy atom. The molecule has 0 aromatic heterocycles. The summed E-state index contributed by atoms with van der Waals surface area (Å²) in [5, 5.41) is 5.53. The van der Waals surface area contributed by atoms with Crippen LogP contribution < -0.4 is 10.6 Å². The van der Waals surface area contributed by atoms with E-state index in [2.05, 4.69) is 24.5 Å². The second-order valence-electron chi connectivity index (χ2n) is 6.77. The smallest absolute Gasteiger partial charge is 0.255 e. The molecule has 3 aromatic carbocycles. The molecular formula is C23H21FN2O2. The lowest BCUT2D eigenvalue weighted by Crippen LogP contribution is -2.14. The summed E-state index contributed by atoms with van der Waals surface area (Å²) in [4.78, 5) is 24.6. The summed E-state index contributed by atoms with van der Waals surface area (Å²) < 4.78 is 12.9. The molecule has 0 aliphatic rings. The molecule has 4 nitrogen and oxygen atoms in total. The molecule has 0 saturated carbocycles. The molecule has 0 fully saturated rings. The van der Waals surface area contributed by atoms with E-state index in [9.17, 15) is 14.0 Å². The predicted octanol–water partition coefficient (Wildman–Crippen LogP) is 5.45. The third-order valence-corrected chi connectivity index (χ3v) is 4.35. The largest absolute Gasteiger partial charge is 0.322 e. The quantitative estimate of drug-likeness (QED) is 0.622. The summed E-state index contributed by atoms with van der Waals surface area (Å²) in [7, 11) is 0. The molecule has 0 saturated heterocycles. The first-order chi connectivity index (χ1) is 13.4. The van der Waals surface area contributed by atoms with Gasteiger partial charge in [-0.1, -0.05) is 26.0 Å². The zero-order valence-electron chi connectivity index (χ0n) is 15.7. The molecule has 142 valence electrons. The Kier molecular flexibility index (Phi) is 5.84. The van der Waals surface area contributed by atoms with E-state index in [4.69, 9.17) is 0 Å². The van der Waals surface area contributed by atoms with Crippen LogP contribution in [0.3, 0.4) is 0 Å². The lowest BCUT2D eigenvalue weighted by atomic mass is 10.0. The third-order valence-electron chi connectivity index (χ3n) is 4.35. The number of benzene rings is 3. The molecule has 0 radical (unpaired) electrons. The molecule has 0 bridgehead atoms. The first-order valence-electron chi connectivity index (χ1n) is 9.00. The summed E-state index contributed by atoms with van der Waals surface area (Å²) in [5.41, 5.74) is 3.27. The Bertz CT molecular complexity index is 963. The Morgan fingerprint density at radius 3 is 1.46 bits per heavy atom. The van der Waals surface area contributed by atoms with E-state index >= 15 is 0 Å². The Labute approximate surface area is 163 Å². The lowest BCUT2D eigenvalue weighted by molar-refractivity contribution is 0.101. The van der Waals surface area contributed by atoms with E-state index in [1.165, 1.54) is 29.8 Å². The number of carbonyl (C=O) groups is 2. The molecule has 2 amide bonds. The molecule has 0 spiro atoms. The summed E-state index contributed by atoms with van der Waals surface area (Å²) in [5.74, 6) is -0.517. The number of nitrogens with one attached hydrogen (secondary N) is 2. The van der Waals surface area contributed by atoms with Gasteiger partial charge < -0.3 is 10.6 Å². The highest BCUT2D eigenvalue weighted by Gasteiger charge is 2.10. The average Bonchev–Trinajstić information content (AvgIpc) is 2.70. The van der Waals surface area contributed by atoms with E-state index < -0.39 is 0 Å². The zero-order valence-corrected chi connectivity index (χ0v) is 15.7. The SMILES string of the molecule is CC(C)c1ccc(NC(=O)c2ccc(C(=O)Nc3ccc(F)cc3)cc2)cc1. The highest BCUT2D eigenvalue weighted by molar-refractivity contribution is 6.07. The minimum Gasteiger partial charge on any atom is -0.322 e. The van der Waals surface area contributed by atoms with Crippen LogP contribution in [0.2, 0.25) is 0 Å². The molecule has 2 N–H and O–H groups in total. The minimum atomic E-state index is -0.368. The van der Waals surface area contributed by atoms with Gasteiger partial charge in [-0.2, -0.15) is 0 Å². The van der Waals surface area contributed by atoms with Crippen LogP contribution in [0, 0.1) is 5.82 Å². The molecule has 5 heteroatoms. The van der Waals surface area contributed by atoms with Crippen LogP contribution in [0.1, 0.15) is 46.0 Å². The van der Waals surface area contributed by atoms with E-state index in [0.29, 0.717) is 28.4 Å². The van der Waals surface area contributed by atoms with Gasteiger partial charge in [0, 0.05) is 22.5 Å². The average molecular weight is 376 g/mol. The predicted molar refractivity (Wildman–Crippen MR) is 109 cm³/mol. The maximum atomic E-state index is 12.9. The first kappa shape index (κ1) is 19.3. The second kappa shape index (κ2) is 8.48. The van der Waals surface area contributed by atoms with E-state index in [-0.39, 0.29) is 17.6 Å². The van der Waals surface area contributed by atoms with Crippen molar-refractivity contribution in [3.63, 3.8) is 0 Å². The standard InChI is InChI=1S/C23H21FN2O2/c1-15(2)16-7-11-20(12-8-16)25-22(27)17-3-5-18(6-4-17)23(28)26-21-13-9-19(24)10-14-21/h3-15H,1-2H3,(H,25,27)(H,26,28). The summed E-state index contributed by atoms with van der Waals surface area (Å²) in [6.07, 6.45) is 0. The van der Waals surface area contributed by atoms with Crippen LogP contribution in [0.5, 0.6) is 0 Å². The van der Waals surface area contributed by atoms with Gasteiger partial charge in [0.15, 0.2) is 0 Å². The molecule has 0 atom stereocenters. The number of anilines is 2. The Morgan fingerprint density at radius 2 is 1.07 bits per heavy atom. The van der Waals surface area contributed by atoms with Gasteiger partial charge in [-0.3, -0.25) is 9.59 Å². The van der Waals surface area contributed by atoms with Crippen molar-refractivity contribution < 1.29 is 14.0 Å². The molecular weight excluding hydrogens is 355 g/mol. The van der Waals surface area contributed by atoms with Crippen molar-refractivity contribution in [2.45, 2.75) is 19.8 Å². The zero-order chi connectivity index (χ0) is 20.1. The monoisotopic (exact) mass is 376 g/mol. The maximum absolute atomic E-state index is 12.9. The van der Waals surface area contributed by atoms with Crippen molar-refractivity contribution in [3.8, 4) is 0 Å². The fourth-order valence-corrected chi connectivity index (χ4v) is 2.66. The fraction of sp³-hybridized carbons (Fsp3) is 0.130. The van der Waals surface area contributed by atoms with Gasteiger partial charge in [0.1, 0.15) is 5.82 Å². The number of rotatable bonds is 5. The molecule has 28 heavy (non-hydrogen) atoms. The molecule has 0 heterocycles. The van der Waals surface area contributed by atoms with Crippen LogP contribution in [-0.4, -0.2) is 11.8 Å². The van der Waals surface area contributed by atoms with Crippen molar-refractivity contribution in [3.05, 3.63) is 95.3 Å². The number of carbonyl (C=O) groups excluding carboxylic acids is 2. The second-order valence-corrected chi connectivity index (χ2v) is 6.77. The van der Waals surface area contributed by atoms with Gasteiger partial charge in [-0.15, -0.1) is 0 Å². The first-order valence-corrected chi connectivity index (χ1v) is 9.00. The molecule has 3 aromatic rings. The molecule has 0 aliphatic heterocycles. The van der Waals surface area contributed by atoms with E-state index in [1.54, 1.807) is 24.3 Å². The van der Waals surface area contributed by atoms with Crippen LogP contribution in [0.4, 0.5) is 15.8 Å². The van der Waals surface area contributed by atoms with Gasteiger partial charge in [-0.25, -0.2) is 4.39 Å². The Balaban J connectivity index is 1.63. The summed E-state index contributed by atoms with van der Waals surface area (Å²) in [6, 6.07) is 19.6. The topological polar surface area (TPSA) is 58.2 Å². The van der Waals surface area contributed by atoms with Crippen molar-refractivity contribution in [2.24, 2.45) is 0 Å². The molecule has 0 aliphatic carbocycles. The molecule has 0 unspecified atom stereocenters. The maximum Gasteiger partial charge on any atom is 0.255 e. The highest BCUT2D eigenvalue weighted by Crippen LogP contribution is 2.18. The van der Waals surface area contributed by atoms with Gasteiger partial charge in [0.05, 0.1) is 0 Å². The summed E-state index contributed by atoms with van der Waals surface area (Å²) in [6.45, 7) is 4.22. The van der Waals surface area contributed by atoms with E-state index in [0.717, 1.165) is 0 Å². The van der Waals surface area contributed by atoms with Gasteiger partial charge in [0.2, 0.25) is 0 Å². The fourth-order valence-electron chi connectivity index (χ4n) is 2.66. The minimum absolute atomic E-state index is 0.247. The highest BCUT2D eigenvalue weighted by atomic mass is 19.1. The van der Waals surface area contributed by atoms with E-state index in [1.807, 2.05) is 24.3 Å². The number of halogens is 1. The molecule has 3 rings (SSSR count). The number of amides is 2. The van der Waals surface area contributed by atoms with Gasteiger partial charge in [0.25, 0.3) is 11.8 Å². The lowest BCUT2D eigenvalue weighted by Gasteiger charge is -2.09. The van der Waals surface area contributed by atoms with Crippen LogP contribution >= 0.6 is 0 Å². The van der Waals surface area contributed by atoms with Crippen LogP contribution in [0.15, 0.2) is 72.8 Å². The van der Waals surface area contributed by atoms with Crippen molar-refractivity contribution in [2.75, 3.05) is 10.6 Å². The number of hydrogen-bond donors (Lipinski definition) is 2. The van der Waals surface area contributed by atoms with Gasteiger partial charge in [-0.05, 0) is 72.1 Å². The van der Waals surface area contributed by atoms with Crippen molar-refractivity contribution >= 4 is 23.2 Å². The van der Waals surface area contributed by atoms with Crippen molar-refractivity contribution in [1.29, 1.82) is 0 Å². The van der Waals surface area contributed by atoms with Crippen molar-refractivity contribution in [1.82, 2.24) is 0 Å². The summed E-state index contributed by atoms with van der Waals surface area (Å²) >= 11 is 0. The van der Waals surface area contributed by atoms with Gasteiger partial charge >= 0.3 is 0 Å². The van der Waals surface area contributed by atoms with Crippen LogP contribution in [-0.2, 0) is 0 Å². The third kappa shape index (κ3) is 4.82. The Hall–Kier alpha value is -3.47.